The van der Waals surface area contributed by atoms with Gasteiger partial charge in [0.25, 0.3) is 0 Å². The van der Waals surface area contributed by atoms with Crippen LogP contribution in [0.4, 0.5) is 11.4 Å². The zero-order chi connectivity index (χ0) is 15.2. The van der Waals surface area contributed by atoms with Crippen molar-refractivity contribution in [3.63, 3.8) is 0 Å². The zero-order valence-electron chi connectivity index (χ0n) is 12.0. The number of halogens is 1. The summed E-state index contributed by atoms with van der Waals surface area (Å²) in [6.07, 6.45) is 0.250. The number of rotatable bonds is 5. The summed E-state index contributed by atoms with van der Waals surface area (Å²) in [5, 5.41) is 16.7. The first-order chi connectivity index (χ1) is 10.1. The van der Waals surface area contributed by atoms with Crippen LogP contribution in [0.5, 0.6) is 5.75 Å². The number of methoxy groups -OCH3 is 1. The van der Waals surface area contributed by atoms with Gasteiger partial charge in [0.2, 0.25) is 5.91 Å². The Hall–Kier alpha value is -1.90. The van der Waals surface area contributed by atoms with E-state index in [1.165, 1.54) is 19.2 Å². The average Bonchev–Trinajstić information content (AvgIpc) is 2.48. The van der Waals surface area contributed by atoms with Crippen LogP contribution in [0, 0.1) is 10.1 Å². The zero-order valence-corrected chi connectivity index (χ0v) is 12.9. The summed E-state index contributed by atoms with van der Waals surface area (Å²) in [7, 11) is 1.36. The number of anilines is 1. The Morgan fingerprint density at radius 1 is 1.59 bits per heavy atom. The van der Waals surface area contributed by atoms with Crippen molar-refractivity contribution in [1.82, 2.24) is 5.32 Å². The number of benzene rings is 1. The summed E-state index contributed by atoms with van der Waals surface area (Å²) in [5.74, 6) is -0.0715. The fourth-order valence-corrected chi connectivity index (χ4v) is 2.10. The van der Waals surface area contributed by atoms with Gasteiger partial charge in [0.05, 0.1) is 25.2 Å². The molecule has 8 nitrogen and oxygen atoms in total. The molecule has 2 rings (SSSR count). The molecule has 1 aromatic rings. The minimum atomic E-state index is -0.551. The van der Waals surface area contributed by atoms with E-state index in [1.54, 1.807) is 6.07 Å². The largest absolute Gasteiger partial charge is 0.490 e. The highest BCUT2D eigenvalue weighted by Gasteiger charge is 2.19. The van der Waals surface area contributed by atoms with Crippen molar-refractivity contribution in [3.05, 3.63) is 28.3 Å². The topological polar surface area (TPSA) is 103 Å². The number of carbonyl (C=O) groups is 1. The van der Waals surface area contributed by atoms with Gasteiger partial charge in [-0.1, -0.05) is 0 Å². The van der Waals surface area contributed by atoms with Crippen LogP contribution in [0.3, 0.4) is 0 Å². The Morgan fingerprint density at radius 2 is 2.36 bits per heavy atom. The minimum absolute atomic E-state index is 0. The molecule has 0 spiro atoms. The molecule has 122 valence electrons. The van der Waals surface area contributed by atoms with Crippen LogP contribution in [0.15, 0.2) is 18.2 Å². The van der Waals surface area contributed by atoms with Gasteiger partial charge in [-0.05, 0) is 12.1 Å². The van der Waals surface area contributed by atoms with E-state index in [0.29, 0.717) is 25.4 Å². The molecule has 0 aromatic heterocycles. The van der Waals surface area contributed by atoms with Crippen LogP contribution in [0.2, 0.25) is 0 Å². The van der Waals surface area contributed by atoms with Crippen LogP contribution < -0.4 is 15.4 Å². The van der Waals surface area contributed by atoms with Gasteiger partial charge in [-0.2, -0.15) is 0 Å². The second kappa shape index (κ2) is 8.52. The Bertz CT molecular complexity index is 534. The van der Waals surface area contributed by atoms with Crippen LogP contribution in [-0.4, -0.2) is 43.7 Å². The molecule has 1 amide bonds. The van der Waals surface area contributed by atoms with Crippen molar-refractivity contribution in [3.8, 4) is 5.75 Å². The number of nitro benzene ring substituents is 1. The van der Waals surface area contributed by atoms with Crippen molar-refractivity contribution in [2.75, 3.05) is 32.2 Å². The lowest BCUT2D eigenvalue weighted by molar-refractivity contribution is -0.385. The van der Waals surface area contributed by atoms with Crippen LogP contribution in [0.1, 0.15) is 6.42 Å². The van der Waals surface area contributed by atoms with Gasteiger partial charge in [0, 0.05) is 30.8 Å². The third-order valence-corrected chi connectivity index (χ3v) is 3.09. The van der Waals surface area contributed by atoms with Crippen molar-refractivity contribution in [1.29, 1.82) is 0 Å². The summed E-state index contributed by atoms with van der Waals surface area (Å²) in [6.45, 7) is 1.84. The molecular formula is C13H18ClN3O5. The van der Waals surface area contributed by atoms with Crippen molar-refractivity contribution >= 4 is 29.7 Å². The third-order valence-electron chi connectivity index (χ3n) is 3.09. The van der Waals surface area contributed by atoms with Crippen LogP contribution in [-0.2, 0) is 9.53 Å². The van der Waals surface area contributed by atoms with E-state index in [0.717, 1.165) is 0 Å². The van der Waals surface area contributed by atoms with E-state index < -0.39 is 4.92 Å². The van der Waals surface area contributed by atoms with Gasteiger partial charge in [-0.25, -0.2) is 0 Å². The molecule has 0 radical (unpaired) electrons. The molecule has 1 fully saturated rings. The number of ether oxygens (including phenoxy) is 2. The summed E-state index contributed by atoms with van der Waals surface area (Å²) < 4.78 is 10.2. The quantitative estimate of drug-likeness (QED) is 0.623. The van der Waals surface area contributed by atoms with E-state index in [2.05, 4.69) is 10.6 Å². The second-order valence-electron chi connectivity index (χ2n) is 4.62. The van der Waals surface area contributed by atoms with E-state index in [9.17, 15) is 14.9 Å². The lowest BCUT2D eigenvalue weighted by Crippen LogP contribution is -2.43. The van der Waals surface area contributed by atoms with E-state index in [-0.39, 0.29) is 42.2 Å². The predicted molar refractivity (Wildman–Crippen MR) is 82.8 cm³/mol. The molecule has 2 N–H and O–H groups in total. The lowest BCUT2D eigenvalue weighted by Gasteiger charge is -2.23. The Morgan fingerprint density at radius 3 is 2.95 bits per heavy atom. The highest BCUT2D eigenvalue weighted by Crippen LogP contribution is 2.29. The number of morpholine rings is 1. The van der Waals surface area contributed by atoms with Gasteiger partial charge in [-0.3, -0.25) is 14.9 Å². The maximum atomic E-state index is 11.9. The van der Waals surface area contributed by atoms with Crippen LogP contribution in [0.25, 0.3) is 0 Å². The molecule has 1 atom stereocenters. The molecule has 1 saturated heterocycles. The summed E-state index contributed by atoms with van der Waals surface area (Å²) in [4.78, 5) is 22.3. The number of nitro groups is 1. The van der Waals surface area contributed by atoms with Gasteiger partial charge in [0.15, 0.2) is 5.75 Å². The third kappa shape index (κ3) is 4.83. The smallest absolute Gasteiger partial charge is 0.312 e. The van der Waals surface area contributed by atoms with E-state index >= 15 is 0 Å². The van der Waals surface area contributed by atoms with Crippen molar-refractivity contribution < 1.29 is 19.2 Å². The molecular weight excluding hydrogens is 314 g/mol. The molecule has 1 heterocycles. The number of hydrogen-bond donors (Lipinski definition) is 2. The number of amides is 1. The number of nitrogens with zero attached hydrogens (tertiary/aromatic N) is 1. The Kier molecular flexibility index (Phi) is 7.03. The average molecular weight is 332 g/mol. The molecule has 0 aliphatic carbocycles. The minimum Gasteiger partial charge on any atom is -0.490 e. The highest BCUT2D eigenvalue weighted by atomic mass is 35.5. The van der Waals surface area contributed by atoms with E-state index in [1.807, 2.05) is 0 Å². The molecule has 0 saturated carbocycles. The van der Waals surface area contributed by atoms with Crippen molar-refractivity contribution in [2.45, 2.75) is 12.5 Å². The molecule has 1 aliphatic heterocycles. The van der Waals surface area contributed by atoms with Crippen molar-refractivity contribution in [2.24, 2.45) is 0 Å². The predicted octanol–water partition coefficient (Wildman–Crippen LogP) is 1.34. The maximum absolute atomic E-state index is 11.9. The molecule has 1 aromatic carbocycles. The highest BCUT2D eigenvalue weighted by molar-refractivity contribution is 5.91. The Balaban J connectivity index is 0.00000242. The number of carbonyl (C=O) groups excluding carboxylic acids is 1. The second-order valence-corrected chi connectivity index (χ2v) is 4.62. The first-order valence-electron chi connectivity index (χ1n) is 6.53. The summed E-state index contributed by atoms with van der Waals surface area (Å²) in [6, 6.07) is 4.26. The van der Waals surface area contributed by atoms with Gasteiger partial charge in [-0.15, -0.1) is 12.4 Å². The van der Waals surface area contributed by atoms with Gasteiger partial charge >= 0.3 is 5.69 Å². The Labute approximate surface area is 133 Å². The standard InChI is InChI=1S/C13H17N3O5.ClH/c1-20-12-3-2-9(6-11(12)16(18)19)15-13(17)7-10-8-21-5-4-14-10;/h2-3,6,10,14H,4-5,7-8H2,1H3,(H,15,17);1H. The molecule has 0 bridgehead atoms. The monoisotopic (exact) mass is 331 g/mol. The number of nitrogens with one attached hydrogen (secondary N) is 2. The fraction of sp³-hybridized carbons (Fsp3) is 0.462. The first kappa shape index (κ1) is 18.1. The molecule has 1 aliphatic rings. The number of hydrogen-bond acceptors (Lipinski definition) is 6. The molecule has 22 heavy (non-hydrogen) atoms. The van der Waals surface area contributed by atoms with E-state index in [4.69, 9.17) is 9.47 Å². The summed E-state index contributed by atoms with van der Waals surface area (Å²) in [5.41, 5.74) is 0.179. The SMILES string of the molecule is COc1ccc(NC(=O)CC2COCCN2)cc1[N+](=O)[O-].Cl. The van der Waals surface area contributed by atoms with Crippen LogP contribution >= 0.6 is 12.4 Å². The fourth-order valence-electron chi connectivity index (χ4n) is 2.10. The molecule has 9 heteroatoms. The normalized spacial score (nSPS) is 17.2. The summed E-state index contributed by atoms with van der Waals surface area (Å²) >= 11 is 0. The molecule has 1 unspecified atom stereocenters. The lowest BCUT2D eigenvalue weighted by atomic mass is 10.2. The maximum Gasteiger partial charge on any atom is 0.312 e. The first-order valence-corrected chi connectivity index (χ1v) is 6.53. The van der Waals surface area contributed by atoms with Gasteiger partial charge in [0.1, 0.15) is 0 Å². The van der Waals surface area contributed by atoms with Gasteiger partial charge < -0.3 is 20.1 Å².